The summed E-state index contributed by atoms with van der Waals surface area (Å²) in [5.41, 5.74) is -0.641. The number of hydrogen-bond donors (Lipinski definition) is 0. The van der Waals surface area contributed by atoms with Crippen LogP contribution >= 0.6 is 11.3 Å². The van der Waals surface area contributed by atoms with Crippen molar-refractivity contribution < 1.29 is 14.3 Å². The summed E-state index contributed by atoms with van der Waals surface area (Å²) in [4.78, 5) is 38.1. The number of ether oxygens (including phenoxy) is 2. The highest BCUT2D eigenvalue weighted by Gasteiger charge is 2.23. The molecule has 0 saturated heterocycles. The summed E-state index contributed by atoms with van der Waals surface area (Å²) in [6, 6.07) is 0. The fourth-order valence-electron chi connectivity index (χ4n) is 2.37. The fourth-order valence-corrected chi connectivity index (χ4v) is 3.59. The van der Waals surface area contributed by atoms with Crippen LogP contribution in [-0.2, 0) is 22.6 Å². The van der Waals surface area contributed by atoms with Crippen LogP contribution in [0.3, 0.4) is 0 Å². The first-order valence-electron chi connectivity index (χ1n) is 7.27. The van der Waals surface area contributed by atoms with Gasteiger partial charge in [-0.3, -0.25) is 9.36 Å². The molecule has 0 radical (unpaired) electrons. The molecule has 2 aromatic heterocycles. The average molecular weight is 360 g/mol. The van der Waals surface area contributed by atoms with Crippen molar-refractivity contribution in [1.82, 2.24) is 9.13 Å². The Balaban J connectivity index is 2.79. The van der Waals surface area contributed by atoms with Gasteiger partial charge >= 0.3 is 11.7 Å². The molecule has 0 spiro atoms. The van der Waals surface area contributed by atoms with Crippen molar-refractivity contribution in [3.8, 4) is 24.7 Å². The third-order valence-electron chi connectivity index (χ3n) is 3.53. The highest BCUT2D eigenvalue weighted by atomic mass is 32.1. The molecule has 0 saturated carbocycles. The number of carbonyl (C=O) groups is 1. The van der Waals surface area contributed by atoms with Gasteiger partial charge in [-0.1, -0.05) is 11.8 Å². The van der Waals surface area contributed by atoms with E-state index in [0.29, 0.717) is 10.4 Å². The SMILES string of the molecule is C#CCOC(=O)c1sc2c(c1C)c(=O)n(CC#C)c(=O)n2CCOC. The van der Waals surface area contributed by atoms with E-state index in [1.54, 1.807) is 6.92 Å². The maximum atomic E-state index is 12.7. The van der Waals surface area contributed by atoms with E-state index < -0.39 is 17.2 Å². The molecule has 0 unspecified atom stereocenters. The molecule has 25 heavy (non-hydrogen) atoms. The first-order valence-corrected chi connectivity index (χ1v) is 8.09. The van der Waals surface area contributed by atoms with Gasteiger partial charge < -0.3 is 9.47 Å². The Hall–Kier alpha value is -2.81. The standard InChI is InChI=1S/C17H16N2O5S/c1-5-7-18-14(20)12-11(3)13(16(21)24-9-6-2)25-15(12)19(17(18)22)8-10-23-4/h1-2H,7-10H2,3-4H3. The molecule has 2 aromatic rings. The number of aryl methyl sites for hydroxylation is 1. The predicted molar refractivity (Wildman–Crippen MR) is 94.9 cm³/mol. The molecule has 0 aliphatic rings. The number of esters is 1. The molecular weight excluding hydrogens is 344 g/mol. The van der Waals surface area contributed by atoms with Crippen LogP contribution in [-0.4, -0.2) is 35.4 Å². The Morgan fingerprint density at radius 2 is 1.96 bits per heavy atom. The first-order chi connectivity index (χ1) is 12.0. The molecule has 8 heteroatoms. The zero-order chi connectivity index (χ0) is 18.6. The molecule has 0 aliphatic carbocycles. The summed E-state index contributed by atoms with van der Waals surface area (Å²) in [5, 5.41) is 0.267. The second-order valence-corrected chi connectivity index (χ2v) is 6.04. The predicted octanol–water partition coefficient (Wildman–Crippen LogP) is 0.603. The van der Waals surface area contributed by atoms with Crippen LogP contribution in [0, 0.1) is 31.6 Å². The van der Waals surface area contributed by atoms with E-state index in [4.69, 9.17) is 22.3 Å². The third kappa shape index (κ3) is 3.36. The van der Waals surface area contributed by atoms with Crippen molar-refractivity contribution in [3.63, 3.8) is 0 Å². The van der Waals surface area contributed by atoms with Crippen LogP contribution in [0.4, 0.5) is 0 Å². The maximum Gasteiger partial charge on any atom is 0.349 e. The van der Waals surface area contributed by atoms with Crippen LogP contribution < -0.4 is 11.2 Å². The van der Waals surface area contributed by atoms with Gasteiger partial charge in [0, 0.05) is 7.11 Å². The van der Waals surface area contributed by atoms with E-state index >= 15 is 0 Å². The van der Waals surface area contributed by atoms with Crippen molar-refractivity contribution in [2.45, 2.75) is 20.0 Å². The smallest absolute Gasteiger partial charge is 0.349 e. The number of fused-ring (bicyclic) bond motifs is 1. The second kappa shape index (κ2) is 7.84. The van der Waals surface area contributed by atoms with Gasteiger partial charge in [-0.25, -0.2) is 14.2 Å². The summed E-state index contributed by atoms with van der Waals surface area (Å²) in [5.74, 6) is 3.87. The quantitative estimate of drug-likeness (QED) is 0.557. The number of thiophene rings is 1. The van der Waals surface area contributed by atoms with Crippen LogP contribution in [0.2, 0.25) is 0 Å². The number of nitrogens with zero attached hydrogens (tertiary/aromatic N) is 2. The van der Waals surface area contributed by atoms with Gasteiger partial charge in [0.2, 0.25) is 0 Å². The number of aromatic nitrogens is 2. The topological polar surface area (TPSA) is 79.5 Å². The van der Waals surface area contributed by atoms with Gasteiger partial charge in [-0.15, -0.1) is 24.2 Å². The number of terminal acetylenes is 2. The molecule has 7 nitrogen and oxygen atoms in total. The molecule has 0 aromatic carbocycles. The molecule has 0 aliphatic heterocycles. The van der Waals surface area contributed by atoms with Crippen molar-refractivity contribution in [2.75, 3.05) is 20.3 Å². The Labute approximate surface area is 147 Å². The highest BCUT2D eigenvalue weighted by Crippen LogP contribution is 2.28. The van der Waals surface area contributed by atoms with Gasteiger partial charge in [-0.2, -0.15) is 0 Å². The lowest BCUT2D eigenvalue weighted by atomic mass is 10.2. The van der Waals surface area contributed by atoms with Gasteiger partial charge in [0.05, 0.1) is 25.1 Å². The molecule has 130 valence electrons. The van der Waals surface area contributed by atoms with E-state index in [9.17, 15) is 14.4 Å². The molecule has 0 amide bonds. The number of rotatable bonds is 6. The zero-order valence-electron chi connectivity index (χ0n) is 13.8. The summed E-state index contributed by atoms with van der Waals surface area (Å²) in [7, 11) is 1.50. The Bertz CT molecular complexity index is 1010. The normalized spacial score (nSPS) is 10.4. The maximum absolute atomic E-state index is 12.7. The first kappa shape index (κ1) is 18.5. The average Bonchev–Trinajstić information content (AvgIpc) is 2.94. The monoisotopic (exact) mass is 360 g/mol. The van der Waals surface area contributed by atoms with Crippen LogP contribution in [0.1, 0.15) is 15.2 Å². The highest BCUT2D eigenvalue weighted by molar-refractivity contribution is 7.20. The van der Waals surface area contributed by atoms with E-state index in [-0.39, 0.29) is 36.6 Å². The molecular formula is C17H16N2O5S. The van der Waals surface area contributed by atoms with Gasteiger partial charge in [0.25, 0.3) is 5.56 Å². The minimum atomic E-state index is -0.634. The van der Waals surface area contributed by atoms with Gasteiger partial charge in [-0.05, 0) is 12.5 Å². The zero-order valence-corrected chi connectivity index (χ0v) is 14.6. The van der Waals surface area contributed by atoms with E-state index in [1.807, 2.05) is 0 Å². The largest absolute Gasteiger partial charge is 0.448 e. The van der Waals surface area contributed by atoms with Gasteiger partial charge in [0.15, 0.2) is 6.61 Å². The van der Waals surface area contributed by atoms with Crippen LogP contribution in [0.5, 0.6) is 0 Å². The Kier molecular flexibility index (Phi) is 5.81. The lowest BCUT2D eigenvalue weighted by Crippen LogP contribution is -2.40. The lowest BCUT2D eigenvalue weighted by molar-refractivity contribution is 0.0562. The van der Waals surface area contributed by atoms with Crippen LogP contribution in [0.25, 0.3) is 10.2 Å². The Morgan fingerprint density at radius 1 is 1.24 bits per heavy atom. The van der Waals surface area contributed by atoms with Crippen molar-refractivity contribution in [2.24, 2.45) is 0 Å². The van der Waals surface area contributed by atoms with Crippen molar-refractivity contribution in [3.05, 3.63) is 31.3 Å². The number of hydrogen-bond acceptors (Lipinski definition) is 6. The fraction of sp³-hybridized carbons (Fsp3) is 0.353. The number of methoxy groups -OCH3 is 1. The molecule has 0 fully saturated rings. The summed E-state index contributed by atoms with van der Waals surface area (Å²) in [6.07, 6.45) is 10.4. The minimum absolute atomic E-state index is 0.160. The molecule has 0 atom stereocenters. The Morgan fingerprint density at radius 3 is 2.56 bits per heavy atom. The summed E-state index contributed by atoms with van der Waals surface area (Å²) in [6.45, 7) is 1.77. The van der Waals surface area contributed by atoms with Crippen LogP contribution in [0.15, 0.2) is 9.59 Å². The van der Waals surface area contributed by atoms with E-state index in [1.165, 1.54) is 11.7 Å². The second-order valence-electron chi connectivity index (χ2n) is 5.04. The molecule has 2 heterocycles. The van der Waals surface area contributed by atoms with Crippen molar-refractivity contribution >= 4 is 27.5 Å². The molecule has 0 bridgehead atoms. The third-order valence-corrected chi connectivity index (χ3v) is 4.83. The summed E-state index contributed by atoms with van der Waals surface area (Å²) < 4.78 is 12.3. The lowest BCUT2D eigenvalue weighted by Gasteiger charge is -2.10. The summed E-state index contributed by atoms with van der Waals surface area (Å²) >= 11 is 1.01. The van der Waals surface area contributed by atoms with E-state index in [2.05, 4.69) is 11.8 Å². The van der Waals surface area contributed by atoms with E-state index in [0.717, 1.165) is 15.9 Å². The van der Waals surface area contributed by atoms with Gasteiger partial charge in [0.1, 0.15) is 9.71 Å². The molecule has 0 N–H and O–H groups in total. The van der Waals surface area contributed by atoms with Crippen molar-refractivity contribution in [1.29, 1.82) is 0 Å². The minimum Gasteiger partial charge on any atom is -0.448 e. The molecule has 2 rings (SSSR count). The number of carbonyl (C=O) groups excluding carboxylic acids is 1.